The van der Waals surface area contributed by atoms with Crippen LogP contribution in [0.2, 0.25) is 0 Å². The topological polar surface area (TPSA) is 30.7 Å². The van der Waals surface area contributed by atoms with Gasteiger partial charge in [-0.2, -0.15) is 0 Å². The summed E-state index contributed by atoms with van der Waals surface area (Å²) in [5.74, 6) is 1.39. The third-order valence-electron chi connectivity index (χ3n) is 2.93. The summed E-state index contributed by atoms with van der Waals surface area (Å²) in [6.07, 6.45) is 1.78. The molecule has 0 saturated heterocycles. The fourth-order valence-corrected chi connectivity index (χ4v) is 2.12. The minimum atomic E-state index is 0.350. The number of hydrogen-bond acceptors (Lipinski definition) is 2. The summed E-state index contributed by atoms with van der Waals surface area (Å²) in [5, 5.41) is 0. The van der Waals surface area contributed by atoms with Gasteiger partial charge < -0.3 is 0 Å². The lowest BCUT2D eigenvalue weighted by molar-refractivity contribution is 0.759. The molecule has 0 aliphatic carbocycles. The van der Waals surface area contributed by atoms with E-state index >= 15 is 0 Å². The summed E-state index contributed by atoms with van der Waals surface area (Å²) in [6, 6.07) is 15.0. The van der Waals surface area contributed by atoms with E-state index in [4.69, 9.17) is 0 Å². The van der Waals surface area contributed by atoms with E-state index in [9.17, 15) is 0 Å². The molecule has 2 aromatic heterocycles. The largest absolute Gasteiger partial charge is 0.294 e. The van der Waals surface area contributed by atoms with Crippen molar-refractivity contribution in [3.05, 3.63) is 54.5 Å². The zero-order chi connectivity index (χ0) is 12.5. The molecule has 0 spiro atoms. The Bertz CT molecular complexity index is 669. The van der Waals surface area contributed by atoms with Crippen LogP contribution in [0.1, 0.15) is 25.6 Å². The number of aromatic nitrogens is 3. The van der Waals surface area contributed by atoms with Crippen LogP contribution in [-0.2, 0) is 0 Å². The molecule has 0 aliphatic rings. The molecule has 0 N–H and O–H groups in total. The average molecular weight is 236 g/mol. The predicted molar refractivity (Wildman–Crippen MR) is 71.8 cm³/mol. The second kappa shape index (κ2) is 4.26. The van der Waals surface area contributed by atoms with Crippen molar-refractivity contribution in [2.45, 2.75) is 19.8 Å². The van der Waals surface area contributed by atoms with Crippen LogP contribution in [0.15, 0.2) is 42.6 Å². The zero-order valence-corrected chi connectivity index (χ0v) is 10.5. The highest BCUT2D eigenvalue weighted by atomic mass is 15.1. The van der Waals surface area contributed by atoms with Crippen molar-refractivity contribution >= 4 is 11.2 Å². The molecule has 0 amide bonds. The van der Waals surface area contributed by atoms with E-state index in [0.717, 1.165) is 22.7 Å². The van der Waals surface area contributed by atoms with Gasteiger partial charge in [-0.15, -0.1) is 0 Å². The predicted octanol–water partition coefficient (Wildman–Crippen LogP) is 3.34. The number of pyridine rings is 1. The second-order valence-electron chi connectivity index (χ2n) is 4.56. The molecule has 3 aromatic rings. The first-order valence-electron chi connectivity index (χ1n) is 6.07. The van der Waals surface area contributed by atoms with Crippen LogP contribution in [0.25, 0.3) is 16.9 Å². The van der Waals surface area contributed by atoms with Crippen LogP contribution in [0.3, 0.4) is 0 Å². The molecule has 0 aliphatic heterocycles. The number of nitrogens with zero attached hydrogens (tertiary/aromatic N) is 3. The molecule has 1 radical (unpaired) electrons. The monoisotopic (exact) mass is 236 g/mol. The highest BCUT2D eigenvalue weighted by Crippen LogP contribution is 2.24. The van der Waals surface area contributed by atoms with Crippen molar-refractivity contribution in [2.24, 2.45) is 0 Å². The number of benzene rings is 1. The molecule has 0 saturated carbocycles. The van der Waals surface area contributed by atoms with E-state index < -0.39 is 0 Å². The molecular formula is C15H14N3. The second-order valence-corrected chi connectivity index (χ2v) is 4.56. The third kappa shape index (κ3) is 1.68. The van der Waals surface area contributed by atoms with Crippen LogP contribution < -0.4 is 0 Å². The maximum Gasteiger partial charge on any atom is 0.178 e. The minimum absolute atomic E-state index is 0.350. The van der Waals surface area contributed by atoms with Crippen molar-refractivity contribution < 1.29 is 0 Å². The summed E-state index contributed by atoms with van der Waals surface area (Å²) in [6.45, 7) is 4.29. The summed E-state index contributed by atoms with van der Waals surface area (Å²) in [7, 11) is 0. The van der Waals surface area contributed by atoms with Crippen LogP contribution in [0, 0.1) is 6.07 Å². The Morgan fingerprint density at radius 2 is 1.94 bits per heavy atom. The number of imidazole rings is 1. The van der Waals surface area contributed by atoms with Crippen molar-refractivity contribution in [3.8, 4) is 5.69 Å². The summed E-state index contributed by atoms with van der Waals surface area (Å²) < 4.78 is 2.17. The van der Waals surface area contributed by atoms with E-state index in [1.807, 2.05) is 30.3 Å². The molecule has 0 unspecified atom stereocenters. The minimum Gasteiger partial charge on any atom is -0.294 e. The zero-order valence-electron chi connectivity index (χ0n) is 10.5. The summed E-state index contributed by atoms with van der Waals surface area (Å²) in [4.78, 5) is 8.96. The lowest BCUT2D eigenvalue weighted by Gasteiger charge is -2.10. The molecule has 0 fully saturated rings. The normalized spacial score (nSPS) is 11.3. The SMILES string of the molecule is CC(C)c1nc2ncccc2n1-c1cc[c]cc1. The molecule has 1 aromatic carbocycles. The van der Waals surface area contributed by atoms with Gasteiger partial charge in [0.1, 0.15) is 5.82 Å². The van der Waals surface area contributed by atoms with Crippen molar-refractivity contribution in [3.63, 3.8) is 0 Å². The van der Waals surface area contributed by atoms with Gasteiger partial charge in [-0.05, 0) is 30.3 Å². The van der Waals surface area contributed by atoms with Gasteiger partial charge in [0.2, 0.25) is 0 Å². The lowest BCUT2D eigenvalue weighted by Crippen LogP contribution is -2.02. The average Bonchev–Trinajstić information content (AvgIpc) is 2.79. The molecule has 89 valence electrons. The van der Waals surface area contributed by atoms with Crippen LogP contribution >= 0.6 is 0 Å². The molecule has 0 bridgehead atoms. The Labute approximate surface area is 106 Å². The van der Waals surface area contributed by atoms with E-state index in [-0.39, 0.29) is 0 Å². The maximum absolute atomic E-state index is 4.63. The first kappa shape index (κ1) is 11.0. The maximum atomic E-state index is 4.63. The fourth-order valence-electron chi connectivity index (χ4n) is 2.12. The molecule has 3 rings (SSSR count). The van der Waals surface area contributed by atoms with Crippen LogP contribution in [0.5, 0.6) is 0 Å². The Morgan fingerprint density at radius 3 is 2.67 bits per heavy atom. The molecule has 3 nitrogen and oxygen atoms in total. The molecule has 2 heterocycles. The quantitative estimate of drug-likeness (QED) is 0.683. The third-order valence-corrected chi connectivity index (χ3v) is 2.93. The van der Waals surface area contributed by atoms with Crippen LogP contribution in [-0.4, -0.2) is 14.5 Å². The molecular weight excluding hydrogens is 222 g/mol. The van der Waals surface area contributed by atoms with Crippen LogP contribution in [0.4, 0.5) is 0 Å². The van der Waals surface area contributed by atoms with Gasteiger partial charge in [0.05, 0.1) is 5.52 Å². The van der Waals surface area contributed by atoms with Gasteiger partial charge in [-0.3, -0.25) is 4.57 Å². The van der Waals surface area contributed by atoms with Crippen molar-refractivity contribution in [1.82, 2.24) is 14.5 Å². The highest BCUT2D eigenvalue weighted by molar-refractivity contribution is 5.74. The van der Waals surface area contributed by atoms with E-state index in [0.29, 0.717) is 5.92 Å². The number of fused-ring (bicyclic) bond motifs is 1. The van der Waals surface area contributed by atoms with E-state index in [1.54, 1.807) is 6.20 Å². The van der Waals surface area contributed by atoms with Gasteiger partial charge in [0.25, 0.3) is 0 Å². The van der Waals surface area contributed by atoms with Gasteiger partial charge in [-0.1, -0.05) is 26.0 Å². The Morgan fingerprint density at radius 1 is 1.17 bits per heavy atom. The first-order valence-corrected chi connectivity index (χ1v) is 6.07. The van der Waals surface area contributed by atoms with E-state index in [2.05, 4.69) is 40.5 Å². The highest BCUT2D eigenvalue weighted by Gasteiger charge is 2.14. The fraction of sp³-hybridized carbons (Fsp3) is 0.200. The first-order chi connectivity index (χ1) is 8.77. The van der Waals surface area contributed by atoms with Gasteiger partial charge in [-0.25, -0.2) is 9.97 Å². The summed E-state index contributed by atoms with van der Waals surface area (Å²) in [5.41, 5.74) is 2.95. The van der Waals surface area contributed by atoms with Crippen molar-refractivity contribution in [2.75, 3.05) is 0 Å². The Hall–Kier alpha value is -2.16. The Balaban J connectivity index is 2.35. The van der Waals surface area contributed by atoms with E-state index in [1.165, 1.54) is 0 Å². The molecule has 0 atom stereocenters. The molecule has 18 heavy (non-hydrogen) atoms. The Kier molecular flexibility index (Phi) is 2.59. The van der Waals surface area contributed by atoms with Gasteiger partial charge in [0, 0.05) is 17.8 Å². The van der Waals surface area contributed by atoms with Crippen molar-refractivity contribution in [1.29, 1.82) is 0 Å². The number of hydrogen-bond donors (Lipinski definition) is 0. The standard InChI is InChI=1S/C15H14N3/c1-11(2)15-17-14-13(9-6-10-16-14)18(15)12-7-4-3-5-8-12/h4-11H,1-2H3. The van der Waals surface area contributed by atoms with Gasteiger partial charge in [0.15, 0.2) is 5.65 Å². The number of rotatable bonds is 2. The smallest absolute Gasteiger partial charge is 0.178 e. The van der Waals surface area contributed by atoms with Gasteiger partial charge >= 0.3 is 0 Å². The lowest BCUT2D eigenvalue weighted by atomic mass is 10.2. The molecule has 3 heteroatoms. The summed E-state index contributed by atoms with van der Waals surface area (Å²) >= 11 is 0.